The highest BCUT2D eigenvalue weighted by molar-refractivity contribution is 5.95. The summed E-state index contributed by atoms with van der Waals surface area (Å²) in [7, 11) is 0. The molecule has 0 bridgehead atoms. The van der Waals surface area contributed by atoms with E-state index in [-0.39, 0.29) is 0 Å². The first kappa shape index (κ1) is 24.7. The largest absolute Gasteiger partial charge is 0.481 e. The number of nitrogens with one attached hydrogen (secondary N) is 3. The molecule has 0 radical (unpaired) electrons. The highest BCUT2D eigenvalue weighted by Crippen LogP contribution is 1.96. The van der Waals surface area contributed by atoms with Crippen LogP contribution < -0.4 is 27.4 Å². The van der Waals surface area contributed by atoms with Gasteiger partial charge in [0.05, 0.1) is 25.5 Å². The van der Waals surface area contributed by atoms with Crippen LogP contribution in [0.2, 0.25) is 0 Å². The smallest absolute Gasteiger partial charge is 0.326 e. The predicted octanol–water partition coefficient (Wildman–Crippen LogP) is -4.78. The molecule has 0 aromatic heterocycles. The van der Waals surface area contributed by atoms with Gasteiger partial charge in [-0.05, 0) is 6.92 Å². The summed E-state index contributed by atoms with van der Waals surface area (Å²) in [6, 6.07) is -5.92. The fourth-order valence-electron chi connectivity index (χ4n) is 1.83. The van der Waals surface area contributed by atoms with Crippen molar-refractivity contribution in [2.75, 3.05) is 6.61 Å². The number of hydrogen-bond donors (Lipinski definition) is 8. The molecule has 0 aromatic rings. The molecule has 0 aliphatic rings. The maximum atomic E-state index is 12.1. The molecule has 28 heavy (non-hydrogen) atoms. The van der Waals surface area contributed by atoms with Crippen LogP contribution in [0.4, 0.5) is 0 Å². The van der Waals surface area contributed by atoms with Crippen molar-refractivity contribution in [1.29, 1.82) is 0 Å². The Hall–Kier alpha value is -3.26. The molecule has 0 spiro atoms. The number of nitrogens with two attached hydrogens (primary N) is 2. The second-order valence-corrected chi connectivity index (χ2v) is 5.75. The van der Waals surface area contributed by atoms with Crippen LogP contribution >= 0.6 is 0 Å². The van der Waals surface area contributed by atoms with E-state index in [4.69, 9.17) is 21.7 Å². The molecule has 4 atom stereocenters. The van der Waals surface area contributed by atoms with E-state index in [9.17, 15) is 33.9 Å². The summed E-state index contributed by atoms with van der Waals surface area (Å²) in [5, 5.41) is 32.9. The van der Waals surface area contributed by atoms with Crippen LogP contribution in [0.15, 0.2) is 0 Å². The number of rotatable bonds is 12. The standard InChI is InChI=1S/C14H23N5O9/c1-5(11(24)18-7(14(27)28)3-10(22)23)17-13(26)8(4-20)19-12(25)6(15)2-9(16)21/h5-8,20H,2-4,15H2,1H3,(H2,16,21)(H,17,26)(H,18,24)(H,19,25)(H,22,23)(H,27,28). The summed E-state index contributed by atoms with van der Waals surface area (Å²) < 4.78 is 0. The van der Waals surface area contributed by atoms with Crippen LogP contribution in [-0.4, -0.2) is 81.7 Å². The first-order valence-corrected chi connectivity index (χ1v) is 7.89. The van der Waals surface area contributed by atoms with Gasteiger partial charge in [0.15, 0.2) is 0 Å². The number of carboxylic acid groups (broad SMARTS) is 2. The number of carbonyl (C=O) groups is 6. The van der Waals surface area contributed by atoms with E-state index >= 15 is 0 Å². The Bertz CT molecular complexity index is 639. The zero-order valence-corrected chi connectivity index (χ0v) is 14.9. The summed E-state index contributed by atoms with van der Waals surface area (Å²) in [4.78, 5) is 68.0. The van der Waals surface area contributed by atoms with Gasteiger partial charge in [0.1, 0.15) is 18.1 Å². The average molecular weight is 405 g/mol. The van der Waals surface area contributed by atoms with Crippen LogP contribution in [0.1, 0.15) is 19.8 Å². The van der Waals surface area contributed by atoms with Crippen LogP contribution in [0.3, 0.4) is 0 Å². The molecule has 158 valence electrons. The molecule has 14 nitrogen and oxygen atoms in total. The van der Waals surface area contributed by atoms with Crippen molar-refractivity contribution in [3.05, 3.63) is 0 Å². The molecule has 0 saturated heterocycles. The summed E-state index contributed by atoms with van der Waals surface area (Å²) in [5.41, 5.74) is 10.3. The summed E-state index contributed by atoms with van der Waals surface area (Å²) in [6.07, 6.45) is -1.38. The van der Waals surface area contributed by atoms with Gasteiger partial charge in [-0.25, -0.2) is 4.79 Å². The van der Waals surface area contributed by atoms with Gasteiger partial charge < -0.3 is 42.7 Å². The normalized spacial score (nSPS) is 14.7. The first-order valence-electron chi connectivity index (χ1n) is 7.89. The van der Waals surface area contributed by atoms with E-state index in [1.807, 2.05) is 5.32 Å². The fraction of sp³-hybridized carbons (Fsp3) is 0.571. The number of primary amides is 1. The molecule has 0 heterocycles. The van der Waals surface area contributed by atoms with Crippen LogP contribution in [-0.2, 0) is 28.8 Å². The maximum Gasteiger partial charge on any atom is 0.326 e. The Kier molecular flexibility index (Phi) is 10.1. The summed E-state index contributed by atoms with van der Waals surface area (Å²) >= 11 is 0. The molecule has 4 amide bonds. The van der Waals surface area contributed by atoms with E-state index in [1.54, 1.807) is 0 Å². The number of amides is 4. The summed E-state index contributed by atoms with van der Waals surface area (Å²) in [6.45, 7) is 0.300. The number of carboxylic acids is 2. The van der Waals surface area contributed by atoms with Crippen LogP contribution in [0.5, 0.6) is 0 Å². The second kappa shape index (κ2) is 11.5. The molecule has 14 heteroatoms. The van der Waals surface area contributed by atoms with E-state index in [0.717, 1.165) is 0 Å². The zero-order valence-electron chi connectivity index (χ0n) is 14.9. The predicted molar refractivity (Wildman–Crippen MR) is 90.2 cm³/mol. The lowest BCUT2D eigenvalue weighted by atomic mass is 10.1. The SMILES string of the molecule is CC(NC(=O)C(CO)NC(=O)C(N)CC(N)=O)C(=O)NC(CC(=O)O)C(=O)O. The number of carbonyl (C=O) groups excluding carboxylic acids is 4. The molecule has 0 aliphatic carbocycles. The third kappa shape index (κ3) is 8.91. The Morgan fingerprint density at radius 3 is 1.82 bits per heavy atom. The van der Waals surface area contributed by atoms with Crippen molar-refractivity contribution in [3.8, 4) is 0 Å². The van der Waals surface area contributed by atoms with Gasteiger partial charge in [-0.2, -0.15) is 0 Å². The van der Waals surface area contributed by atoms with Crippen molar-refractivity contribution in [1.82, 2.24) is 16.0 Å². The van der Waals surface area contributed by atoms with Crippen LogP contribution in [0, 0.1) is 0 Å². The highest BCUT2D eigenvalue weighted by Gasteiger charge is 2.29. The Balaban J connectivity index is 4.84. The zero-order chi connectivity index (χ0) is 22.0. The van der Waals surface area contributed by atoms with Crippen molar-refractivity contribution in [3.63, 3.8) is 0 Å². The Morgan fingerprint density at radius 1 is 0.857 bits per heavy atom. The number of aliphatic hydroxyl groups excluding tert-OH is 1. The van der Waals surface area contributed by atoms with Gasteiger partial charge in [0.25, 0.3) is 0 Å². The van der Waals surface area contributed by atoms with Crippen molar-refractivity contribution < 1.29 is 44.1 Å². The quantitative estimate of drug-likeness (QED) is 0.154. The molecule has 0 aliphatic heterocycles. The number of aliphatic hydroxyl groups is 1. The first-order chi connectivity index (χ1) is 12.9. The molecule has 0 aromatic carbocycles. The minimum atomic E-state index is -1.72. The summed E-state index contributed by atoms with van der Waals surface area (Å²) in [5.74, 6) is -6.85. The van der Waals surface area contributed by atoms with Gasteiger partial charge >= 0.3 is 11.9 Å². The molecule has 10 N–H and O–H groups in total. The van der Waals surface area contributed by atoms with Gasteiger partial charge in [0, 0.05) is 0 Å². The fourth-order valence-corrected chi connectivity index (χ4v) is 1.83. The van der Waals surface area contributed by atoms with Gasteiger partial charge in [-0.1, -0.05) is 0 Å². The molecular formula is C14H23N5O9. The lowest BCUT2D eigenvalue weighted by molar-refractivity contribution is -0.147. The Labute approximate surface area is 158 Å². The molecular weight excluding hydrogens is 382 g/mol. The van der Waals surface area contributed by atoms with Gasteiger partial charge in [-0.15, -0.1) is 0 Å². The minimum Gasteiger partial charge on any atom is -0.481 e. The van der Waals surface area contributed by atoms with Crippen molar-refractivity contribution in [2.45, 2.75) is 43.9 Å². The lowest BCUT2D eigenvalue weighted by Gasteiger charge is -2.22. The van der Waals surface area contributed by atoms with E-state index in [0.29, 0.717) is 0 Å². The van der Waals surface area contributed by atoms with E-state index in [2.05, 4.69) is 10.6 Å². The number of hydrogen-bond acceptors (Lipinski definition) is 8. The molecule has 0 fully saturated rings. The van der Waals surface area contributed by atoms with Crippen molar-refractivity contribution in [2.24, 2.45) is 11.5 Å². The maximum absolute atomic E-state index is 12.1. The highest BCUT2D eigenvalue weighted by atomic mass is 16.4. The molecule has 4 unspecified atom stereocenters. The van der Waals surface area contributed by atoms with E-state index in [1.165, 1.54) is 6.92 Å². The number of aliphatic carboxylic acids is 2. The van der Waals surface area contributed by atoms with Gasteiger partial charge in [0.2, 0.25) is 23.6 Å². The minimum absolute atomic E-state index is 0.495. The average Bonchev–Trinajstić information content (AvgIpc) is 2.57. The second-order valence-electron chi connectivity index (χ2n) is 5.75. The monoisotopic (exact) mass is 405 g/mol. The van der Waals surface area contributed by atoms with E-state index < -0.39 is 79.2 Å². The van der Waals surface area contributed by atoms with Gasteiger partial charge in [-0.3, -0.25) is 24.0 Å². The third-order valence-electron chi connectivity index (χ3n) is 3.32. The topological polar surface area (TPSA) is 251 Å². The van der Waals surface area contributed by atoms with Crippen molar-refractivity contribution >= 4 is 35.6 Å². The molecule has 0 rings (SSSR count). The lowest BCUT2D eigenvalue weighted by Crippen LogP contribution is -2.57. The van der Waals surface area contributed by atoms with Crippen LogP contribution in [0.25, 0.3) is 0 Å². The molecule has 0 saturated carbocycles. The third-order valence-corrected chi connectivity index (χ3v) is 3.32. The Morgan fingerprint density at radius 2 is 1.39 bits per heavy atom.